The highest BCUT2D eigenvalue weighted by molar-refractivity contribution is 5.99. The summed E-state index contributed by atoms with van der Waals surface area (Å²) >= 11 is 0. The van der Waals surface area contributed by atoms with Gasteiger partial charge in [0.2, 0.25) is 5.91 Å². The number of aryl methyl sites for hydroxylation is 1. The molecule has 0 aromatic heterocycles. The van der Waals surface area contributed by atoms with E-state index in [9.17, 15) is 28.7 Å². The maximum atomic E-state index is 13.7. The lowest BCUT2D eigenvalue weighted by molar-refractivity contribution is -0.142. The third-order valence-corrected chi connectivity index (χ3v) is 6.74. The average molecular weight is 548 g/mol. The molecule has 208 valence electrons. The highest BCUT2D eigenvalue weighted by atomic mass is 19.1. The van der Waals surface area contributed by atoms with E-state index in [4.69, 9.17) is 4.74 Å². The molecule has 3 aromatic rings. The van der Waals surface area contributed by atoms with Gasteiger partial charge in [-0.1, -0.05) is 48.5 Å². The van der Waals surface area contributed by atoms with Gasteiger partial charge in [0, 0.05) is 25.1 Å². The van der Waals surface area contributed by atoms with Crippen molar-refractivity contribution in [2.45, 2.75) is 31.5 Å². The molecule has 1 heterocycles. The maximum absolute atomic E-state index is 13.7. The summed E-state index contributed by atoms with van der Waals surface area (Å²) in [6, 6.07) is 20.0. The van der Waals surface area contributed by atoms with Crippen molar-refractivity contribution in [1.82, 2.24) is 15.1 Å². The summed E-state index contributed by atoms with van der Waals surface area (Å²) in [5.41, 5.74) is 1.61. The number of hydrogen-bond acceptors (Lipinski definition) is 5. The molecule has 0 aliphatic carbocycles. The molecule has 2 unspecified atom stereocenters. The van der Waals surface area contributed by atoms with Gasteiger partial charge in [0.25, 0.3) is 11.8 Å². The van der Waals surface area contributed by atoms with E-state index in [-0.39, 0.29) is 31.0 Å². The molecule has 2 atom stereocenters. The first kappa shape index (κ1) is 28.3. The standard InChI is InChI=1S/C30H30FN3O6/c1-40-24-9-5-8-22(18-24)30(39)34-17-16-33(26(35)15-10-20-6-3-2-4-7-20)29(34)28(38)32-25(19-27(36)37)21-11-13-23(31)14-12-21/h2-9,11-14,18,25,29H,10,15-17,19H2,1H3,(H,32,38)(H,36,37). The number of halogens is 1. The Morgan fingerprint density at radius 3 is 2.35 bits per heavy atom. The first-order chi connectivity index (χ1) is 19.3. The summed E-state index contributed by atoms with van der Waals surface area (Å²) in [7, 11) is 1.47. The second kappa shape index (κ2) is 12.9. The van der Waals surface area contributed by atoms with E-state index in [1.54, 1.807) is 24.3 Å². The Bertz CT molecular complexity index is 1370. The summed E-state index contributed by atoms with van der Waals surface area (Å²) in [5, 5.41) is 12.2. The lowest BCUT2D eigenvalue weighted by atomic mass is 10.0. The number of benzene rings is 3. The number of hydrogen-bond donors (Lipinski definition) is 2. The van der Waals surface area contributed by atoms with Crippen LogP contribution in [0.15, 0.2) is 78.9 Å². The Morgan fingerprint density at radius 1 is 0.975 bits per heavy atom. The number of carbonyl (C=O) groups excluding carboxylic acids is 3. The fraction of sp³-hybridized carbons (Fsp3) is 0.267. The fourth-order valence-electron chi connectivity index (χ4n) is 4.71. The van der Waals surface area contributed by atoms with Crippen LogP contribution in [0.3, 0.4) is 0 Å². The first-order valence-corrected chi connectivity index (χ1v) is 12.8. The van der Waals surface area contributed by atoms with Crippen LogP contribution in [0.1, 0.15) is 40.4 Å². The Labute approximate surface area is 231 Å². The molecular formula is C30H30FN3O6. The van der Waals surface area contributed by atoms with Crippen LogP contribution in [-0.4, -0.2) is 65.0 Å². The van der Waals surface area contributed by atoms with Crippen molar-refractivity contribution < 1.29 is 33.4 Å². The summed E-state index contributed by atoms with van der Waals surface area (Å²) in [5.74, 6) is -2.74. The smallest absolute Gasteiger partial charge is 0.305 e. The third kappa shape index (κ3) is 6.82. The second-order valence-electron chi connectivity index (χ2n) is 9.39. The van der Waals surface area contributed by atoms with Crippen LogP contribution < -0.4 is 10.1 Å². The zero-order valence-electron chi connectivity index (χ0n) is 22.0. The first-order valence-electron chi connectivity index (χ1n) is 12.8. The highest BCUT2D eigenvalue weighted by Gasteiger charge is 2.43. The van der Waals surface area contributed by atoms with Crippen molar-refractivity contribution in [3.63, 3.8) is 0 Å². The molecule has 4 rings (SSSR count). The predicted octanol–water partition coefficient (Wildman–Crippen LogP) is 3.41. The Kier molecular flexibility index (Phi) is 9.11. The van der Waals surface area contributed by atoms with E-state index in [0.717, 1.165) is 5.56 Å². The lowest BCUT2D eigenvalue weighted by Crippen LogP contribution is -2.54. The molecule has 9 nitrogen and oxygen atoms in total. The fourth-order valence-corrected chi connectivity index (χ4v) is 4.71. The molecule has 40 heavy (non-hydrogen) atoms. The van der Waals surface area contributed by atoms with Crippen LogP contribution >= 0.6 is 0 Å². The second-order valence-corrected chi connectivity index (χ2v) is 9.39. The van der Waals surface area contributed by atoms with Gasteiger partial charge in [-0.25, -0.2) is 4.39 Å². The minimum atomic E-state index is -1.31. The number of nitrogens with one attached hydrogen (secondary N) is 1. The van der Waals surface area contributed by atoms with Crippen molar-refractivity contribution in [1.29, 1.82) is 0 Å². The van der Waals surface area contributed by atoms with Crippen LogP contribution in [0.2, 0.25) is 0 Å². The zero-order chi connectivity index (χ0) is 28.6. The van der Waals surface area contributed by atoms with Crippen LogP contribution in [-0.2, 0) is 20.8 Å². The highest BCUT2D eigenvalue weighted by Crippen LogP contribution is 2.24. The molecule has 1 aliphatic heterocycles. The van der Waals surface area contributed by atoms with Crippen molar-refractivity contribution in [3.8, 4) is 5.75 Å². The minimum Gasteiger partial charge on any atom is -0.497 e. The van der Waals surface area contributed by atoms with Crippen molar-refractivity contribution in [2.24, 2.45) is 0 Å². The van der Waals surface area contributed by atoms with Gasteiger partial charge in [0.1, 0.15) is 11.6 Å². The molecule has 1 aliphatic rings. The van der Waals surface area contributed by atoms with Gasteiger partial charge in [0.15, 0.2) is 6.17 Å². The van der Waals surface area contributed by atoms with Gasteiger partial charge in [-0.3, -0.25) is 19.2 Å². The van der Waals surface area contributed by atoms with Gasteiger partial charge in [0.05, 0.1) is 19.6 Å². The molecule has 1 fully saturated rings. The summed E-state index contributed by atoms with van der Waals surface area (Å²) in [6.07, 6.45) is -1.22. The van der Waals surface area contributed by atoms with E-state index in [1.165, 1.54) is 41.2 Å². The number of carboxylic acids is 1. The normalized spacial score (nSPS) is 15.4. The molecule has 0 radical (unpaired) electrons. The molecule has 0 spiro atoms. The molecule has 0 bridgehead atoms. The SMILES string of the molecule is COc1cccc(C(=O)N2CCN(C(=O)CCc3ccccc3)C2C(=O)NC(CC(=O)O)c2ccc(F)cc2)c1. The van der Waals surface area contributed by atoms with Gasteiger partial charge in [-0.05, 0) is 47.9 Å². The number of amides is 3. The summed E-state index contributed by atoms with van der Waals surface area (Å²) in [6.45, 7) is 0.229. The largest absolute Gasteiger partial charge is 0.497 e. The van der Waals surface area contributed by atoms with Crippen LogP contribution in [0.4, 0.5) is 4.39 Å². The van der Waals surface area contributed by atoms with Gasteiger partial charge in [-0.15, -0.1) is 0 Å². The summed E-state index contributed by atoms with van der Waals surface area (Å²) < 4.78 is 18.7. The topological polar surface area (TPSA) is 116 Å². The van der Waals surface area contributed by atoms with Gasteiger partial charge in [-0.2, -0.15) is 0 Å². The Morgan fingerprint density at radius 2 is 1.68 bits per heavy atom. The number of ether oxygens (including phenoxy) is 1. The number of carboxylic acid groups (broad SMARTS) is 1. The Hall–Kier alpha value is -4.73. The number of aliphatic carboxylic acids is 1. The van der Waals surface area contributed by atoms with Gasteiger partial charge < -0.3 is 25.0 Å². The van der Waals surface area contributed by atoms with Crippen LogP contribution in [0.25, 0.3) is 0 Å². The minimum absolute atomic E-state index is 0.103. The van der Waals surface area contributed by atoms with Crippen molar-refractivity contribution in [3.05, 3.63) is 101 Å². The van der Waals surface area contributed by atoms with E-state index in [2.05, 4.69) is 5.32 Å². The third-order valence-electron chi connectivity index (χ3n) is 6.74. The van der Waals surface area contributed by atoms with Gasteiger partial charge >= 0.3 is 5.97 Å². The molecule has 1 saturated heterocycles. The number of rotatable bonds is 10. The molecule has 10 heteroatoms. The van der Waals surface area contributed by atoms with E-state index >= 15 is 0 Å². The van der Waals surface area contributed by atoms with E-state index < -0.39 is 42.2 Å². The Balaban J connectivity index is 1.61. The number of nitrogens with zero attached hydrogens (tertiary/aromatic N) is 2. The molecule has 3 aromatic carbocycles. The number of carbonyl (C=O) groups is 4. The molecular weight excluding hydrogens is 517 g/mol. The van der Waals surface area contributed by atoms with Crippen LogP contribution in [0.5, 0.6) is 5.75 Å². The quantitative estimate of drug-likeness (QED) is 0.402. The summed E-state index contributed by atoms with van der Waals surface area (Å²) in [4.78, 5) is 54.9. The van der Waals surface area contributed by atoms with E-state index in [0.29, 0.717) is 17.7 Å². The van der Waals surface area contributed by atoms with Crippen molar-refractivity contribution in [2.75, 3.05) is 20.2 Å². The average Bonchev–Trinajstić information content (AvgIpc) is 3.41. The monoisotopic (exact) mass is 547 g/mol. The van der Waals surface area contributed by atoms with E-state index in [1.807, 2.05) is 30.3 Å². The lowest BCUT2D eigenvalue weighted by Gasteiger charge is -2.31. The maximum Gasteiger partial charge on any atom is 0.305 e. The van der Waals surface area contributed by atoms with Crippen LogP contribution in [0, 0.1) is 5.82 Å². The zero-order valence-corrected chi connectivity index (χ0v) is 22.0. The predicted molar refractivity (Wildman–Crippen MR) is 144 cm³/mol. The number of methoxy groups -OCH3 is 1. The molecule has 2 N–H and O–H groups in total. The molecule has 0 saturated carbocycles. The van der Waals surface area contributed by atoms with Crippen molar-refractivity contribution >= 4 is 23.7 Å². The molecule has 3 amide bonds.